The molecule has 2 aromatic rings. The first-order chi connectivity index (χ1) is 11.5. The molecular weight excluding hydrogens is 322 g/mol. The van der Waals surface area contributed by atoms with Crippen molar-refractivity contribution in [1.82, 2.24) is 4.31 Å². The van der Waals surface area contributed by atoms with Gasteiger partial charge in [0.1, 0.15) is 0 Å². The number of sulfonamides is 1. The summed E-state index contributed by atoms with van der Waals surface area (Å²) in [6.07, 6.45) is 2.44. The molecule has 0 aromatic heterocycles. The maximum atomic E-state index is 13.0. The first-order valence-electron chi connectivity index (χ1n) is 8.15. The lowest BCUT2D eigenvalue weighted by Crippen LogP contribution is -2.36. The van der Waals surface area contributed by atoms with E-state index in [-0.39, 0.29) is 16.7 Å². The molecule has 0 amide bonds. The molecule has 126 valence electrons. The number of carbonyl (C=O) groups is 1. The highest BCUT2D eigenvalue weighted by atomic mass is 32.2. The Morgan fingerprint density at radius 2 is 1.88 bits per heavy atom. The third kappa shape index (κ3) is 3.42. The van der Waals surface area contributed by atoms with Gasteiger partial charge in [-0.25, -0.2) is 8.42 Å². The molecule has 1 aliphatic rings. The van der Waals surface area contributed by atoms with Gasteiger partial charge >= 0.3 is 0 Å². The first-order valence-corrected chi connectivity index (χ1v) is 9.59. The van der Waals surface area contributed by atoms with Crippen LogP contribution in [0.3, 0.4) is 0 Å². The second-order valence-electron chi connectivity index (χ2n) is 6.19. The third-order valence-electron chi connectivity index (χ3n) is 4.48. The maximum absolute atomic E-state index is 13.0. The fourth-order valence-electron chi connectivity index (χ4n) is 3.23. The van der Waals surface area contributed by atoms with Crippen LogP contribution in [0.4, 0.5) is 0 Å². The molecule has 0 saturated carbocycles. The van der Waals surface area contributed by atoms with Crippen molar-refractivity contribution in [3.8, 4) is 0 Å². The SMILES string of the molecule is CC(=O)c1cccc(S(=O)(=O)N2CCCC2Cc2ccccc2)c1. The zero-order valence-corrected chi connectivity index (χ0v) is 14.5. The van der Waals surface area contributed by atoms with E-state index in [1.54, 1.807) is 22.5 Å². The molecule has 1 fully saturated rings. The Kier molecular flexibility index (Phi) is 4.83. The van der Waals surface area contributed by atoms with Gasteiger partial charge in [0.2, 0.25) is 10.0 Å². The summed E-state index contributed by atoms with van der Waals surface area (Å²) in [5.74, 6) is -0.130. The van der Waals surface area contributed by atoms with Crippen molar-refractivity contribution in [3.63, 3.8) is 0 Å². The highest BCUT2D eigenvalue weighted by Crippen LogP contribution is 2.28. The van der Waals surface area contributed by atoms with Crippen LogP contribution in [-0.2, 0) is 16.4 Å². The van der Waals surface area contributed by atoms with Gasteiger partial charge in [-0.15, -0.1) is 0 Å². The van der Waals surface area contributed by atoms with Crippen LogP contribution in [0.1, 0.15) is 35.7 Å². The third-order valence-corrected chi connectivity index (χ3v) is 6.43. The molecule has 0 radical (unpaired) electrons. The summed E-state index contributed by atoms with van der Waals surface area (Å²) in [6, 6.07) is 16.3. The Balaban J connectivity index is 1.88. The second kappa shape index (κ2) is 6.87. The van der Waals surface area contributed by atoms with E-state index in [0.29, 0.717) is 18.5 Å². The summed E-state index contributed by atoms with van der Waals surface area (Å²) in [6.45, 7) is 1.98. The van der Waals surface area contributed by atoms with Crippen LogP contribution in [-0.4, -0.2) is 31.1 Å². The molecule has 1 unspecified atom stereocenters. The van der Waals surface area contributed by atoms with Gasteiger partial charge in [-0.3, -0.25) is 4.79 Å². The van der Waals surface area contributed by atoms with Gasteiger partial charge in [0.05, 0.1) is 4.90 Å². The molecule has 1 heterocycles. The molecule has 1 aliphatic heterocycles. The number of hydrogen-bond donors (Lipinski definition) is 0. The minimum atomic E-state index is -3.58. The highest BCUT2D eigenvalue weighted by molar-refractivity contribution is 7.89. The molecule has 0 aliphatic carbocycles. The number of carbonyl (C=O) groups excluding carboxylic acids is 1. The standard InChI is InChI=1S/C19H21NO3S/c1-15(21)17-9-5-11-19(14-17)24(22,23)20-12-6-10-18(20)13-16-7-3-2-4-8-16/h2-5,7-9,11,14,18H,6,10,12-13H2,1H3. The minimum Gasteiger partial charge on any atom is -0.295 e. The Morgan fingerprint density at radius 3 is 2.58 bits per heavy atom. The smallest absolute Gasteiger partial charge is 0.243 e. The van der Waals surface area contributed by atoms with E-state index in [4.69, 9.17) is 0 Å². The normalized spacial score (nSPS) is 18.6. The Labute approximate surface area is 143 Å². The van der Waals surface area contributed by atoms with E-state index >= 15 is 0 Å². The van der Waals surface area contributed by atoms with E-state index in [9.17, 15) is 13.2 Å². The molecule has 1 saturated heterocycles. The van der Waals surface area contributed by atoms with Crippen LogP contribution in [0.2, 0.25) is 0 Å². The molecule has 24 heavy (non-hydrogen) atoms. The molecule has 0 N–H and O–H groups in total. The van der Waals surface area contributed by atoms with E-state index in [1.807, 2.05) is 30.3 Å². The lowest BCUT2D eigenvalue weighted by Gasteiger charge is -2.24. The van der Waals surface area contributed by atoms with Gasteiger partial charge in [0.15, 0.2) is 5.78 Å². The van der Waals surface area contributed by atoms with Crippen LogP contribution in [0.5, 0.6) is 0 Å². The number of rotatable bonds is 5. The highest BCUT2D eigenvalue weighted by Gasteiger charge is 2.35. The lowest BCUT2D eigenvalue weighted by atomic mass is 10.1. The Hall–Kier alpha value is -1.98. The first kappa shape index (κ1) is 16.9. The van der Waals surface area contributed by atoms with Crippen LogP contribution in [0, 0.1) is 0 Å². The molecule has 0 bridgehead atoms. The monoisotopic (exact) mass is 343 g/mol. The molecule has 1 atom stereocenters. The second-order valence-corrected chi connectivity index (χ2v) is 8.08. The maximum Gasteiger partial charge on any atom is 0.243 e. The fourth-order valence-corrected chi connectivity index (χ4v) is 4.97. The van der Waals surface area contributed by atoms with Gasteiger partial charge in [-0.05, 0) is 43.9 Å². The number of nitrogens with zero attached hydrogens (tertiary/aromatic N) is 1. The Bertz CT molecular complexity index is 831. The van der Waals surface area contributed by atoms with Crippen molar-refractivity contribution in [3.05, 3.63) is 65.7 Å². The van der Waals surface area contributed by atoms with Crippen molar-refractivity contribution in [2.24, 2.45) is 0 Å². The number of hydrogen-bond acceptors (Lipinski definition) is 3. The summed E-state index contributed by atoms with van der Waals surface area (Å²) in [4.78, 5) is 11.7. The average molecular weight is 343 g/mol. The number of benzene rings is 2. The zero-order chi connectivity index (χ0) is 17.2. The van der Waals surface area contributed by atoms with Gasteiger partial charge < -0.3 is 0 Å². The predicted octanol–water partition coefficient (Wildman–Crippen LogP) is 3.29. The molecule has 5 heteroatoms. The van der Waals surface area contributed by atoms with Crippen molar-refractivity contribution in [2.45, 2.75) is 37.1 Å². The van der Waals surface area contributed by atoms with Crippen LogP contribution >= 0.6 is 0 Å². The van der Waals surface area contributed by atoms with E-state index < -0.39 is 10.0 Å². The molecular formula is C19H21NO3S. The van der Waals surface area contributed by atoms with Crippen molar-refractivity contribution in [2.75, 3.05) is 6.54 Å². The zero-order valence-electron chi connectivity index (χ0n) is 13.7. The van der Waals surface area contributed by atoms with Gasteiger partial charge in [0.25, 0.3) is 0 Å². The van der Waals surface area contributed by atoms with Crippen LogP contribution < -0.4 is 0 Å². The number of ketones is 1. The largest absolute Gasteiger partial charge is 0.295 e. The molecule has 0 spiro atoms. The van der Waals surface area contributed by atoms with E-state index in [0.717, 1.165) is 18.4 Å². The lowest BCUT2D eigenvalue weighted by molar-refractivity contribution is 0.101. The fraction of sp³-hybridized carbons (Fsp3) is 0.316. The van der Waals surface area contributed by atoms with Crippen molar-refractivity contribution >= 4 is 15.8 Å². The van der Waals surface area contributed by atoms with Gasteiger partial charge in [-0.1, -0.05) is 42.5 Å². The predicted molar refractivity (Wildman–Crippen MR) is 93.5 cm³/mol. The van der Waals surface area contributed by atoms with Crippen molar-refractivity contribution in [1.29, 1.82) is 0 Å². The summed E-state index contributed by atoms with van der Waals surface area (Å²) in [7, 11) is -3.58. The van der Waals surface area contributed by atoms with Gasteiger partial charge in [0, 0.05) is 18.2 Å². The summed E-state index contributed by atoms with van der Waals surface area (Å²) < 4.78 is 27.6. The molecule has 3 rings (SSSR count). The van der Waals surface area contributed by atoms with Crippen molar-refractivity contribution < 1.29 is 13.2 Å². The summed E-state index contributed by atoms with van der Waals surface area (Å²) >= 11 is 0. The quantitative estimate of drug-likeness (QED) is 0.783. The Morgan fingerprint density at radius 1 is 1.12 bits per heavy atom. The van der Waals surface area contributed by atoms with E-state index in [2.05, 4.69) is 0 Å². The van der Waals surface area contributed by atoms with Crippen LogP contribution in [0.15, 0.2) is 59.5 Å². The van der Waals surface area contributed by atoms with Crippen LogP contribution in [0.25, 0.3) is 0 Å². The van der Waals surface area contributed by atoms with Gasteiger partial charge in [-0.2, -0.15) is 4.31 Å². The molecule has 4 nitrogen and oxygen atoms in total. The minimum absolute atomic E-state index is 0.0293. The summed E-state index contributed by atoms with van der Waals surface area (Å²) in [5.41, 5.74) is 1.57. The molecule has 2 aromatic carbocycles. The summed E-state index contributed by atoms with van der Waals surface area (Å²) in [5, 5.41) is 0. The number of Topliss-reactive ketones (excluding diaryl/α,β-unsaturated/α-hetero) is 1. The topological polar surface area (TPSA) is 54.5 Å². The average Bonchev–Trinajstić information content (AvgIpc) is 3.05. The van der Waals surface area contributed by atoms with E-state index in [1.165, 1.54) is 13.0 Å².